The second-order valence-corrected chi connectivity index (χ2v) is 8.00. The average Bonchev–Trinajstić information content (AvgIpc) is 3.05. The van der Waals surface area contributed by atoms with Crippen LogP contribution >= 0.6 is 0 Å². The molecule has 1 saturated carbocycles. The van der Waals surface area contributed by atoms with Crippen molar-refractivity contribution in [3.8, 4) is 22.5 Å². The van der Waals surface area contributed by atoms with Gasteiger partial charge in [-0.1, -0.05) is 0 Å². The van der Waals surface area contributed by atoms with Crippen LogP contribution in [-0.4, -0.2) is 31.6 Å². The fraction of sp³-hybridized carbons (Fsp3) is 0.318. The van der Waals surface area contributed by atoms with Gasteiger partial charge in [-0.25, -0.2) is 4.79 Å². The van der Waals surface area contributed by atoms with E-state index >= 15 is 0 Å². The summed E-state index contributed by atoms with van der Waals surface area (Å²) in [7, 11) is 0. The first-order valence-electron chi connectivity index (χ1n) is 9.70. The number of carbonyl (C=O) groups is 1. The van der Waals surface area contributed by atoms with Crippen molar-refractivity contribution in [3.63, 3.8) is 0 Å². The molecule has 28 heavy (non-hydrogen) atoms. The lowest BCUT2D eigenvalue weighted by Crippen LogP contribution is -2.48. The minimum atomic E-state index is -0.875. The Bertz CT molecular complexity index is 1070. The van der Waals surface area contributed by atoms with Crippen molar-refractivity contribution in [3.05, 3.63) is 59.2 Å². The van der Waals surface area contributed by atoms with Crippen LogP contribution in [-0.2, 0) is 19.3 Å². The number of aromatic carboxylic acids is 1. The number of hydrogen-bond acceptors (Lipinski definition) is 4. The fourth-order valence-electron chi connectivity index (χ4n) is 4.47. The second-order valence-electron chi connectivity index (χ2n) is 8.00. The highest BCUT2D eigenvalue weighted by atomic mass is 16.4. The minimum absolute atomic E-state index is 0.278. The topological polar surface area (TPSA) is 105 Å². The van der Waals surface area contributed by atoms with E-state index in [1.54, 1.807) is 12.4 Å². The molecule has 142 valence electrons. The van der Waals surface area contributed by atoms with Crippen LogP contribution in [0.1, 0.15) is 46.4 Å². The zero-order valence-corrected chi connectivity index (χ0v) is 15.5. The van der Waals surface area contributed by atoms with E-state index in [9.17, 15) is 9.90 Å². The summed E-state index contributed by atoms with van der Waals surface area (Å²) < 4.78 is 0. The molecule has 3 aromatic heterocycles. The maximum atomic E-state index is 12.1. The highest BCUT2D eigenvalue weighted by molar-refractivity contribution is 5.94. The minimum Gasteiger partial charge on any atom is -0.478 e. The standard InChI is InChI=1S/C22H22N4O2/c23-22(6-2-7-22)10-18-19(21(27)28)15-5-4-13-12-25-17(9-16(13)20(15)26-18)14-3-1-8-24-11-14/h1,3,8-9,11-12,26H,2,4-7,10,23H2,(H,27,28). The summed E-state index contributed by atoms with van der Waals surface area (Å²) in [4.78, 5) is 24.3. The Kier molecular flexibility index (Phi) is 3.84. The molecule has 0 aliphatic heterocycles. The van der Waals surface area contributed by atoms with Crippen LogP contribution in [0.25, 0.3) is 22.5 Å². The number of carboxylic acids is 1. The Morgan fingerprint density at radius 3 is 2.82 bits per heavy atom. The number of aryl methyl sites for hydroxylation is 1. The number of aromatic amines is 1. The molecule has 2 aliphatic rings. The first-order chi connectivity index (χ1) is 13.5. The summed E-state index contributed by atoms with van der Waals surface area (Å²) in [5, 5.41) is 9.90. The lowest BCUT2D eigenvalue weighted by Gasteiger charge is -2.38. The number of H-pyrrole nitrogens is 1. The van der Waals surface area contributed by atoms with Crippen LogP contribution in [0, 0.1) is 0 Å². The maximum absolute atomic E-state index is 12.1. The van der Waals surface area contributed by atoms with E-state index in [1.165, 1.54) is 0 Å². The van der Waals surface area contributed by atoms with Gasteiger partial charge in [0.2, 0.25) is 0 Å². The Hall–Kier alpha value is -2.99. The SMILES string of the molecule is NC1(Cc2[nH]c3c(c2C(=O)O)CCc2cnc(-c4cccnc4)cc2-3)CCC1. The smallest absolute Gasteiger partial charge is 0.337 e. The van der Waals surface area contributed by atoms with E-state index in [0.717, 1.165) is 65.0 Å². The van der Waals surface area contributed by atoms with Gasteiger partial charge in [-0.15, -0.1) is 0 Å². The molecule has 0 amide bonds. The summed E-state index contributed by atoms with van der Waals surface area (Å²) in [6.45, 7) is 0. The van der Waals surface area contributed by atoms with Gasteiger partial charge in [-0.2, -0.15) is 0 Å². The van der Waals surface area contributed by atoms with Gasteiger partial charge >= 0.3 is 5.97 Å². The third-order valence-corrected chi connectivity index (χ3v) is 6.13. The third kappa shape index (κ3) is 2.72. The third-order valence-electron chi connectivity index (χ3n) is 6.13. The van der Waals surface area contributed by atoms with Crippen molar-refractivity contribution in [1.82, 2.24) is 15.0 Å². The number of fused-ring (bicyclic) bond motifs is 3. The molecule has 3 aromatic rings. The Labute approximate surface area is 162 Å². The van der Waals surface area contributed by atoms with E-state index < -0.39 is 5.97 Å². The van der Waals surface area contributed by atoms with Crippen LogP contribution in [0.5, 0.6) is 0 Å². The highest BCUT2D eigenvalue weighted by Gasteiger charge is 2.36. The normalized spacial score (nSPS) is 16.8. The Morgan fingerprint density at radius 2 is 2.14 bits per heavy atom. The monoisotopic (exact) mass is 374 g/mol. The van der Waals surface area contributed by atoms with Crippen LogP contribution in [0.2, 0.25) is 0 Å². The molecular weight excluding hydrogens is 352 g/mol. The summed E-state index contributed by atoms with van der Waals surface area (Å²) in [5.41, 5.74) is 13.1. The second kappa shape index (κ2) is 6.27. The summed E-state index contributed by atoms with van der Waals surface area (Å²) in [5.74, 6) is -0.875. The van der Waals surface area contributed by atoms with Gasteiger partial charge in [0.05, 0.1) is 17.0 Å². The van der Waals surface area contributed by atoms with Gasteiger partial charge in [-0.3, -0.25) is 9.97 Å². The zero-order valence-electron chi connectivity index (χ0n) is 15.5. The number of nitrogens with one attached hydrogen (secondary N) is 1. The molecule has 1 fully saturated rings. The molecule has 3 heterocycles. The number of aromatic nitrogens is 3. The molecule has 0 bridgehead atoms. The lowest BCUT2D eigenvalue weighted by atomic mass is 9.74. The van der Waals surface area contributed by atoms with E-state index in [0.29, 0.717) is 18.4 Å². The number of nitrogens with two attached hydrogens (primary N) is 1. The Balaban J connectivity index is 1.63. The molecule has 0 unspecified atom stereocenters. The molecule has 0 radical (unpaired) electrons. The summed E-state index contributed by atoms with van der Waals surface area (Å²) >= 11 is 0. The van der Waals surface area contributed by atoms with Crippen LogP contribution in [0.15, 0.2) is 36.8 Å². The number of carboxylic acid groups (broad SMARTS) is 1. The first-order valence-corrected chi connectivity index (χ1v) is 9.70. The van der Waals surface area contributed by atoms with Crippen LogP contribution in [0.3, 0.4) is 0 Å². The molecule has 2 aliphatic carbocycles. The lowest BCUT2D eigenvalue weighted by molar-refractivity contribution is 0.0694. The fourth-order valence-corrected chi connectivity index (χ4v) is 4.47. The van der Waals surface area contributed by atoms with Gasteiger partial charge in [0, 0.05) is 47.4 Å². The molecule has 4 N–H and O–H groups in total. The molecule has 0 aromatic carbocycles. The number of hydrogen-bond donors (Lipinski definition) is 3. The summed E-state index contributed by atoms with van der Waals surface area (Å²) in [6.07, 6.45) is 10.5. The largest absolute Gasteiger partial charge is 0.478 e. The van der Waals surface area contributed by atoms with Crippen molar-refractivity contribution in [2.45, 2.75) is 44.1 Å². The van der Waals surface area contributed by atoms with Gasteiger partial charge < -0.3 is 15.8 Å². The summed E-state index contributed by atoms with van der Waals surface area (Å²) in [6, 6.07) is 5.90. The van der Waals surface area contributed by atoms with Crippen LogP contribution < -0.4 is 5.73 Å². The van der Waals surface area contributed by atoms with Gasteiger partial charge in [0.25, 0.3) is 0 Å². The van der Waals surface area contributed by atoms with Crippen molar-refractivity contribution in [2.75, 3.05) is 0 Å². The van der Waals surface area contributed by atoms with Crippen molar-refractivity contribution >= 4 is 5.97 Å². The number of nitrogens with zero attached hydrogens (tertiary/aromatic N) is 2. The average molecular weight is 374 g/mol. The van der Waals surface area contributed by atoms with Gasteiger partial charge in [0.1, 0.15) is 0 Å². The molecule has 0 atom stereocenters. The van der Waals surface area contributed by atoms with Gasteiger partial charge in [-0.05, 0) is 61.4 Å². The van der Waals surface area contributed by atoms with E-state index in [-0.39, 0.29) is 5.54 Å². The molecule has 5 rings (SSSR count). The predicted octanol–water partition coefficient (Wildman–Crippen LogP) is 3.36. The number of pyridine rings is 2. The molecular formula is C22H22N4O2. The maximum Gasteiger partial charge on any atom is 0.337 e. The first kappa shape index (κ1) is 17.1. The predicted molar refractivity (Wildman–Crippen MR) is 106 cm³/mol. The van der Waals surface area contributed by atoms with E-state index in [2.05, 4.69) is 15.0 Å². The highest BCUT2D eigenvalue weighted by Crippen LogP contribution is 2.40. The Morgan fingerprint density at radius 1 is 1.29 bits per heavy atom. The molecule has 0 saturated heterocycles. The zero-order chi connectivity index (χ0) is 19.3. The van der Waals surface area contributed by atoms with E-state index in [4.69, 9.17) is 5.73 Å². The van der Waals surface area contributed by atoms with Crippen molar-refractivity contribution < 1.29 is 9.90 Å². The molecule has 6 nitrogen and oxygen atoms in total. The van der Waals surface area contributed by atoms with E-state index in [1.807, 2.05) is 24.4 Å². The van der Waals surface area contributed by atoms with Crippen LogP contribution in [0.4, 0.5) is 0 Å². The molecule has 6 heteroatoms. The van der Waals surface area contributed by atoms with Crippen molar-refractivity contribution in [1.29, 1.82) is 0 Å². The molecule has 0 spiro atoms. The van der Waals surface area contributed by atoms with Gasteiger partial charge in [0.15, 0.2) is 0 Å². The van der Waals surface area contributed by atoms with Crippen molar-refractivity contribution in [2.24, 2.45) is 5.73 Å². The quantitative estimate of drug-likeness (QED) is 0.649. The number of rotatable bonds is 4.